The Morgan fingerprint density at radius 3 is 1.45 bits per heavy atom. The molecule has 2 aliphatic heterocycles. The van der Waals surface area contributed by atoms with E-state index in [1.165, 1.54) is 48.5 Å². The molecule has 2 aliphatic rings. The number of morpholine rings is 2. The van der Waals surface area contributed by atoms with Crippen molar-refractivity contribution in [2.75, 3.05) is 107 Å². The number of hydrogen-bond acceptors (Lipinski definition) is 13. The van der Waals surface area contributed by atoms with Gasteiger partial charge in [0.15, 0.2) is 22.6 Å². The van der Waals surface area contributed by atoms with Crippen LogP contribution >= 0.6 is 0 Å². The molecule has 15 nitrogen and oxygen atoms in total. The Balaban J connectivity index is 0.000000199. The summed E-state index contributed by atoms with van der Waals surface area (Å²) in [5.41, 5.74) is 3.22. The first-order valence-electron chi connectivity index (χ1n) is 21.7. The number of benzene rings is 4. The minimum atomic E-state index is -1.14. The Bertz CT molecular complexity index is 2790. The predicted molar refractivity (Wildman–Crippen MR) is 250 cm³/mol. The van der Waals surface area contributed by atoms with Crippen LogP contribution in [0.25, 0.3) is 21.9 Å². The molecule has 3 N–H and O–H groups in total. The number of likely N-dealkylation sites (N-methyl/N-ethyl adjacent to an activating group) is 2. The summed E-state index contributed by atoms with van der Waals surface area (Å²) in [5, 5.41) is 16.6. The quantitative estimate of drug-likeness (QED) is 0.106. The summed E-state index contributed by atoms with van der Waals surface area (Å²) in [6.45, 7) is 9.65. The first-order valence-corrected chi connectivity index (χ1v) is 21.7. The number of carboxylic acids is 1. The van der Waals surface area contributed by atoms with E-state index in [-0.39, 0.29) is 45.4 Å². The molecule has 0 radical (unpaired) electrons. The van der Waals surface area contributed by atoms with Gasteiger partial charge in [0.1, 0.15) is 22.8 Å². The van der Waals surface area contributed by atoms with Gasteiger partial charge in [-0.15, -0.1) is 0 Å². The predicted octanol–water partition coefficient (Wildman–Crippen LogP) is 7.22. The van der Waals surface area contributed by atoms with Gasteiger partial charge in [-0.05, 0) is 101 Å². The number of anilines is 4. The van der Waals surface area contributed by atoms with Crippen LogP contribution in [0.2, 0.25) is 0 Å². The zero-order valence-electron chi connectivity index (χ0n) is 37.6. The fourth-order valence-corrected chi connectivity index (χ4v) is 7.73. The van der Waals surface area contributed by atoms with Crippen molar-refractivity contribution in [2.24, 2.45) is 0 Å². The SMILES string of the molecule is CC(Nc1ccc(F)cc1)c1cc(C(=O)N(C)CCN(C)C)cc2c(=O)cc(N3CCOCC3)oc12.CC(Nc1ccc(F)cc1)c1cc(C(=O)O)cc2c(=O)cc(N3CCOCC3)oc12. The second-order valence-corrected chi connectivity index (χ2v) is 16.6. The average molecular weight is 909 g/mol. The Morgan fingerprint density at radius 2 is 1.05 bits per heavy atom. The molecule has 66 heavy (non-hydrogen) atoms. The monoisotopic (exact) mass is 908 g/mol. The lowest BCUT2D eigenvalue weighted by Crippen LogP contribution is -2.36. The largest absolute Gasteiger partial charge is 0.478 e. The van der Waals surface area contributed by atoms with Crippen molar-refractivity contribution in [3.63, 3.8) is 0 Å². The van der Waals surface area contributed by atoms with Crippen LogP contribution in [0.4, 0.5) is 31.9 Å². The highest BCUT2D eigenvalue weighted by molar-refractivity contribution is 5.99. The van der Waals surface area contributed by atoms with Gasteiger partial charge in [-0.25, -0.2) is 13.6 Å². The Kier molecular flexibility index (Phi) is 15.0. The molecule has 0 spiro atoms. The van der Waals surface area contributed by atoms with Crippen LogP contribution in [-0.2, 0) is 9.47 Å². The number of carbonyl (C=O) groups excluding carboxylic acids is 1. The fraction of sp³-hybridized carbons (Fsp3) is 0.347. The highest BCUT2D eigenvalue weighted by Gasteiger charge is 2.24. The van der Waals surface area contributed by atoms with E-state index < -0.39 is 12.0 Å². The van der Waals surface area contributed by atoms with E-state index in [9.17, 15) is 33.1 Å². The Labute approximate surface area is 380 Å². The lowest BCUT2D eigenvalue weighted by Gasteiger charge is -2.28. The number of nitrogens with one attached hydrogen (secondary N) is 2. The van der Waals surface area contributed by atoms with E-state index in [1.807, 2.05) is 42.6 Å². The first-order chi connectivity index (χ1) is 31.6. The molecule has 2 unspecified atom stereocenters. The van der Waals surface area contributed by atoms with Gasteiger partial charge in [0.05, 0.1) is 54.8 Å². The molecule has 2 saturated heterocycles. The van der Waals surface area contributed by atoms with Crippen molar-refractivity contribution in [3.8, 4) is 0 Å². The molecule has 6 aromatic rings. The number of hydrogen-bond donors (Lipinski definition) is 3. The zero-order valence-corrected chi connectivity index (χ0v) is 37.6. The van der Waals surface area contributed by atoms with Gasteiger partial charge < -0.3 is 53.6 Å². The van der Waals surface area contributed by atoms with Crippen LogP contribution in [0.5, 0.6) is 0 Å². The highest BCUT2D eigenvalue weighted by Crippen LogP contribution is 2.32. The molecule has 2 aromatic heterocycles. The Hall–Kier alpha value is -6.82. The average Bonchev–Trinajstić information content (AvgIpc) is 3.32. The van der Waals surface area contributed by atoms with Gasteiger partial charge in [0.25, 0.3) is 5.91 Å². The number of ether oxygens (including phenoxy) is 2. The number of rotatable bonds is 13. The van der Waals surface area contributed by atoms with Gasteiger partial charge in [-0.1, -0.05) is 0 Å². The third-order valence-corrected chi connectivity index (χ3v) is 11.4. The third-order valence-electron chi connectivity index (χ3n) is 11.4. The summed E-state index contributed by atoms with van der Waals surface area (Å²) in [5.74, 6) is -1.09. The molecule has 0 saturated carbocycles. The molecular formula is C49H54F2N6O9. The molecule has 4 heterocycles. The number of nitrogens with zero attached hydrogens (tertiary/aromatic N) is 4. The second-order valence-electron chi connectivity index (χ2n) is 16.6. The summed E-state index contributed by atoms with van der Waals surface area (Å²) in [6.07, 6.45) is 0. The topological polar surface area (TPSA) is 170 Å². The van der Waals surface area contributed by atoms with E-state index >= 15 is 0 Å². The van der Waals surface area contributed by atoms with Crippen molar-refractivity contribution in [2.45, 2.75) is 25.9 Å². The molecule has 0 bridgehead atoms. The molecule has 2 fully saturated rings. The lowest BCUT2D eigenvalue weighted by molar-refractivity contribution is 0.0696. The van der Waals surface area contributed by atoms with E-state index in [0.29, 0.717) is 116 Å². The molecule has 2 atom stereocenters. The van der Waals surface area contributed by atoms with Gasteiger partial charge in [-0.3, -0.25) is 14.4 Å². The van der Waals surface area contributed by atoms with Crippen molar-refractivity contribution in [1.29, 1.82) is 0 Å². The first kappa shape index (κ1) is 47.2. The number of aromatic carboxylic acids is 1. The molecule has 8 rings (SSSR count). The fourth-order valence-electron chi connectivity index (χ4n) is 7.73. The van der Waals surface area contributed by atoms with Crippen LogP contribution in [0, 0.1) is 11.6 Å². The summed E-state index contributed by atoms with van der Waals surface area (Å²) >= 11 is 0. The van der Waals surface area contributed by atoms with Crippen LogP contribution in [0.15, 0.2) is 103 Å². The van der Waals surface area contributed by atoms with Crippen molar-refractivity contribution in [1.82, 2.24) is 9.80 Å². The number of carbonyl (C=O) groups is 2. The summed E-state index contributed by atoms with van der Waals surface area (Å²) in [7, 11) is 5.65. The Morgan fingerprint density at radius 1 is 0.636 bits per heavy atom. The maximum Gasteiger partial charge on any atom is 0.335 e. The number of amides is 1. The second kappa shape index (κ2) is 21.0. The van der Waals surface area contributed by atoms with Crippen LogP contribution in [0.1, 0.15) is 57.8 Å². The smallest absolute Gasteiger partial charge is 0.335 e. The zero-order chi connectivity index (χ0) is 47.1. The van der Waals surface area contributed by atoms with Gasteiger partial charge in [-0.2, -0.15) is 0 Å². The van der Waals surface area contributed by atoms with E-state index in [1.54, 1.807) is 48.3 Å². The molecule has 0 aliphatic carbocycles. The lowest BCUT2D eigenvalue weighted by atomic mass is 9.99. The molecule has 17 heteroatoms. The van der Waals surface area contributed by atoms with Crippen molar-refractivity contribution < 1.29 is 41.8 Å². The van der Waals surface area contributed by atoms with Crippen LogP contribution in [-0.4, -0.2) is 114 Å². The normalized spacial score (nSPS) is 15.0. The standard InChI is InChI=1S/C27H33FN4O4.C22H21FN2O5/c1-18(29-21-7-5-20(28)6-8-21)22-15-19(27(34)31(4)10-9-30(2)3)16-23-24(33)17-25(36-26(22)23)32-11-13-35-14-12-32;1-13(24-16-4-2-15(23)3-5-16)17-10-14(22(27)28)11-18-19(26)12-20(30-21(17)18)25-6-8-29-9-7-25/h5-8,15-18,29H,9-14H2,1-4H3;2-5,10-13,24H,6-9H2,1H3,(H,27,28). The van der Waals surface area contributed by atoms with E-state index in [2.05, 4.69) is 10.6 Å². The van der Waals surface area contributed by atoms with Gasteiger partial charge in [0, 0.05) is 86.5 Å². The summed E-state index contributed by atoms with van der Waals surface area (Å²) in [4.78, 5) is 58.6. The summed E-state index contributed by atoms with van der Waals surface area (Å²) < 4.78 is 49.8. The van der Waals surface area contributed by atoms with Gasteiger partial charge >= 0.3 is 5.97 Å². The number of fused-ring (bicyclic) bond motifs is 2. The third kappa shape index (κ3) is 11.3. The molecule has 348 valence electrons. The maximum atomic E-state index is 13.4. The van der Waals surface area contributed by atoms with E-state index in [0.717, 1.165) is 6.54 Å². The van der Waals surface area contributed by atoms with Crippen molar-refractivity contribution >= 4 is 57.0 Å². The number of halogens is 2. The minimum Gasteiger partial charge on any atom is -0.478 e. The van der Waals surface area contributed by atoms with E-state index in [4.69, 9.17) is 18.3 Å². The number of carboxylic acid groups (broad SMARTS) is 1. The van der Waals surface area contributed by atoms with Crippen molar-refractivity contribution in [3.05, 3.63) is 139 Å². The highest BCUT2D eigenvalue weighted by atomic mass is 19.1. The van der Waals surface area contributed by atoms with Crippen LogP contribution in [0.3, 0.4) is 0 Å². The van der Waals surface area contributed by atoms with Gasteiger partial charge in [0.2, 0.25) is 0 Å². The minimum absolute atomic E-state index is 0.00308. The summed E-state index contributed by atoms with van der Waals surface area (Å²) in [6, 6.07) is 20.3. The maximum absolute atomic E-state index is 13.4. The van der Waals surface area contributed by atoms with Crippen LogP contribution < -0.4 is 31.3 Å². The molecule has 1 amide bonds. The molecular weight excluding hydrogens is 855 g/mol. The molecule has 4 aromatic carbocycles.